The Morgan fingerprint density at radius 3 is 2.83 bits per heavy atom. The molecule has 0 radical (unpaired) electrons. The minimum Gasteiger partial charge on any atom is -0.497 e. The smallest absolute Gasteiger partial charge is 0.331 e. The lowest BCUT2D eigenvalue weighted by atomic mass is 10.2. The highest BCUT2D eigenvalue weighted by atomic mass is 32.1. The number of carbonyl (C=O) groups is 1. The van der Waals surface area contributed by atoms with Gasteiger partial charge in [-0.1, -0.05) is 23.4 Å². The van der Waals surface area contributed by atoms with Crippen LogP contribution >= 0.6 is 11.3 Å². The van der Waals surface area contributed by atoms with Crippen LogP contribution in [0.1, 0.15) is 11.3 Å². The van der Waals surface area contributed by atoms with Gasteiger partial charge in [0, 0.05) is 12.1 Å². The lowest BCUT2D eigenvalue weighted by Crippen LogP contribution is -2.00. The fourth-order valence-electron chi connectivity index (χ4n) is 1.99. The van der Waals surface area contributed by atoms with E-state index in [0.29, 0.717) is 11.5 Å². The van der Waals surface area contributed by atoms with Gasteiger partial charge in [-0.25, -0.2) is 4.79 Å². The molecule has 3 rings (SSSR count). The van der Waals surface area contributed by atoms with Gasteiger partial charge in [0.05, 0.1) is 12.0 Å². The van der Waals surface area contributed by atoms with Crippen molar-refractivity contribution >= 4 is 23.4 Å². The molecular formula is C18H15NO4S. The SMILES string of the molecule is COc1ccc(/C=C/C(=O)OCc2cc(-c3cccs3)on2)cc1. The van der Waals surface area contributed by atoms with Gasteiger partial charge in [0.25, 0.3) is 0 Å². The van der Waals surface area contributed by atoms with Gasteiger partial charge in [0.2, 0.25) is 0 Å². The maximum absolute atomic E-state index is 11.8. The number of rotatable bonds is 6. The van der Waals surface area contributed by atoms with Gasteiger partial charge in [0.1, 0.15) is 18.1 Å². The summed E-state index contributed by atoms with van der Waals surface area (Å²) in [5.74, 6) is 0.999. The summed E-state index contributed by atoms with van der Waals surface area (Å²) in [6.07, 6.45) is 3.06. The molecule has 122 valence electrons. The minimum atomic E-state index is -0.438. The van der Waals surface area contributed by atoms with E-state index in [-0.39, 0.29) is 6.61 Å². The molecule has 0 aliphatic heterocycles. The summed E-state index contributed by atoms with van der Waals surface area (Å²) in [6, 6.07) is 13.0. The second kappa shape index (κ2) is 7.61. The molecule has 0 aliphatic rings. The maximum Gasteiger partial charge on any atom is 0.331 e. The molecule has 24 heavy (non-hydrogen) atoms. The Balaban J connectivity index is 1.52. The highest BCUT2D eigenvalue weighted by Gasteiger charge is 2.08. The van der Waals surface area contributed by atoms with Crippen LogP contribution in [0.25, 0.3) is 16.7 Å². The van der Waals surface area contributed by atoms with Crippen molar-refractivity contribution in [2.24, 2.45) is 0 Å². The molecule has 2 aromatic heterocycles. The van der Waals surface area contributed by atoms with Crippen LogP contribution in [0.15, 0.2) is 58.4 Å². The fraction of sp³-hybridized carbons (Fsp3) is 0.111. The van der Waals surface area contributed by atoms with Crippen molar-refractivity contribution in [3.8, 4) is 16.4 Å². The Morgan fingerprint density at radius 1 is 1.29 bits per heavy atom. The monoisotopic (exact) mass is 341 g/mol. The number of ether oxygens (including phenoxy) is 2. The number of hydrogen-bond acceptors (Lipinski definition) is 6. The molecule has 0 saturated heterocycles. The highest BCUT2D eigenvalue weighted by Crippen LogP contribution is 2.25. The number of nitrogens with zero attached hydrogens (tertiary/aromatic N) is 1. The predicted molar refractivity (Wildman–Crippen MR) is 91.6 cm³/mol. The van der Waals surface area contributed by atoms with Gasteiger partial charge in [0.15, 0.2) is 5.76 Å². The summed E-state index contributed by atoms with van der Waals surface area (Å²) >= 11 is 1.56. The van der Waals surface area contributed by atoms with Crippen LogP contribution in [0.3, 0.4) is 0 Å². The van der Waals surface area contributed by atoms with Crippen molar-refractivity contribution in [1.29, 1.82) is 0 Å². The molecule has 3 aromatic rings. The van der Waals surface area contributed by atoms with Crippen LogP contribution < -0.4 is 4.74 Å². The molecule has 2 heterocycles. The molecule has 0 unspecified atom stereocenters. The van der Waals surface area contributed by atoms with Crippen LogP contribution in [0.2, 0.25) is 0 Å². The van der Waals surface area contributed by atoms with Crippen molar-refractivity contribution < 1.29 is 18.8 Å². The number of esters is 1. The molecule has 0 N–H and O–H groups in total. The first-order valence-electron chi connectivity index (χ1n) is 7.23. The number of carbonyl (C=O) groups excluding carboxylic acids is 1. The molecule has 0 bridgehead atoms. The number of thiophene rings is 1. The Morgan fingerprint density at radius 2 is 2.12 bits per heavy atom. The predicted octanol–water partition coefficient (Wildman–Crippen LogP) is 4.17. The summed E-state index contributed by atoms with van der Waals surface area (Å²) in [5.41, 5.74) is 1.46. The molecule has 6 heteroatoms. The first-order chi connectivity index (χ1) is 11.7. The molecule has 0 amide bonds. The third-order valence-electron chi connectivity index (χ3n) is 3.21. The highest BCUT2D eigenvalue weighted by molar-refractivity contribution is 7.13. The van der Waals surface area contributed by atoms with E-state index in [9.17, 15) is 4.79 Å². The molecular weight excluding hydrogens is 326 g/mol. The van der Waals surface area contributed by atoms with E-state index in [2.05, 4.69) is 5.16 Å². The van der Waals surface area contributed by atoms with Crippen LogP contribution in [0, 0.1) is 0 Å². The first-order valence-corrected chi connectivity index (χ1v) is 8.11. The largest absolute Gasteiger partial charge is 0.497 e. The third kappa shape index (κ3) is 4.11. The van der Waals surface area contributed by atoms with Gasteiger partial charge in [-0.05, 0) is 35.2 Å². The van der Waals surface area contributed by atoms with Crippen molar-refractivity contribution in [3.63, 3.8) is 0 Å². The van der Waals surface area contributed by atoms with Crippen LogP contribution in [-0.4, -0.2) is 18.2 Å². The number of benzene rings is 1. The van der Waals surface area contributed by atoms with Crippen LogP contribution in [-0.2, 0) is 16.1 Å². The summed E-state index contributed by atoms with van der Waals surface area (Å²) in [6.45, 7) is 0.0701. The van der Waals surface area contributed by atoms with E-state index in [1.807, 2.05) is 41.8 Å². The zero-order valence-corrected chi connectivity index (χ0v) is 13.8. The van der Waals surface area contributed by atoms with Gasteiger partial charge < -0.3 is 14.0 Å². The van der Waals surface area contributed by atoms with E-state index in [1.54, 1.807) is 30.6 Å². The van der Waals surface area contributed by atoms with Crippen molar-refractivity contribution in [3.05, 3.63) is 65.2 Å². The Hall–Kier alpha value is -2.86. The maximum atomic E-state index is 11.8. The summed E-state index contributed by atoms with van der Waals surface area (Å²) in [5, 5.41) is 5.86. The van der Waals surface area contributed by atoms with Gasteiger partial charge >= 0.3 is 5.97 Å². The fourth-order valence-corrected chi connectivity index (χ4v) is 2.66. The zero-order valence-electron chi connectivity index (χ0n) is 13.0. The topological polar surface area (TPSA) is 61.6 Å². The van der Waals surface area contributed by atoms with E-state index in [0.717, 1.165) is 16.2 Å². The number of aromatic nitrogens is 1. The quantitative estimate of drug-likeness (QED) is 0.497. The minimum absolute atomic E-state index is 0.0701. The third-order valence-corrected chi connectivity index (χ3v) is 4.10. The summed E-state index contributed by atoms with van der Waals surface area (Å²) in [7, 11) is 1.61. The lowest BCUT2D eigenvalue weighted by molar-refractivity contribution is -0.139. The van der Waals surface area contributed by atoms with Crippen molar-refractivity contribution in [2.75, 3.05) is 7.11 Å². The summed E-state index contributed by atoms with van der Waals surface area (Å²) in [4.78, 5) is 12.7. The molecule has 0 aliphatic carbocycles. The van der Waals surface area contributed by atoms with E-state index >= 15 is 0 Å². The van der Waals surface area contributed by atoms with Crippen LogP contribution in [0.5, 0.6) is 5.75 Å². The van der Waals surface area contributed by atoms with E-state index in [1.165, 1.54) is 6.08 Å². The second-order valence-corrected chi connectivity index (χ2v) is 5.82. The number of hydrogen-bond donors (Lipinski definition) is 0. The standard InChI is InChI=1S/C18H15NO4S/c1-21-15-7-4-13(5-8-15)6-9-18(20)22-12-14-11-16(23-19-14)17-3-2-10-24-17/h2-11H,12H2,1H3/b9-6+. The normalized spacial score (nSPS) is 10.9. The van der Waals surface area contributed by atoms with E-state index < -0.39 is 5.97 Å². The van der Waals surface area contributed by atoms with Crippen molar-refractivity contribution in [2.45, 2.75) is 6.61 Å². The summed E-state index contributed by atoms with van der Waals surface area (Å²) < 4.78 is 15.5. The average Bonchev–Trinajstić information content (AvgIpc) is 3.29. The molecule has 0 atom stereocenters. The Kier molecular flexibility index (Phi) is 5.08. The second-order valence-electron chi connectivity index (χ2n) is 4.87. The number of methoxy groups -OCH3 is 1. The van der Waals surface area contributed by atoms with Crippen molar-refractivity contribution in [1.82, 2.24) is 5.16 Å². The van der Waals surface area contributed by atoms with Crippen LogP contribution in [0.4, 0.5) is 0 Å². The molecule has 0 fully saturated rings. The molecule has 5 nitrogen and oxygen atoms in total. The average molecular weight is 341 g/mol. The van der Waals surface area contributed by atoms with Gasteiger partial charge in [-0.15, -0.1) is 11.3 Å². The molecule has 0 spiro atoms. The first kappa shape index (κ1) is 16.0. The Labute approximate surface area is 143 Å². The zero-order chi connectivity index (χ0) is 16.8. The van der Waals surface area contributed by atoms with Gasteiger partial charge in [-0.2, -0.15) is 0 Å². The van der Waals surface area contributed by atoms with E-state index in [4.69, 9.17) is 14.0 Å². The molecule has 1 aromatic carbocycles. The van der Waals surface area contributed by atoms with Gasteiger partial charge in [-0.3, -0.25) is 0 Å². The lowest BCUT2D eigenvalue weighted by Gasteiger charge is -1.99. The molecule has 0 saturated carbocycles. The Bertz CT molecular complexity index is 819.